The molecule has 0 aromatic heterocycles. The van der Waals surface area contributed by atoms with Crippen LogP contribution in [0.15, 0.2) is 0 Å². The Bertz CT molecular complexity index is 221. The van der Waals surface area contributed by atoms with Crippen LogP contribution in [0.3, 0.4) is 0 Å². The third-order valence-corrected chi connectivity index (χ3v) is 4.90. The van der Waals surface area contributed by atoms with Crippen LogP contribution < -0.4 is 0 Å². The fourth-order valence-electron chi connectivity index (χ4n) is 0.943. The largest absolute Gasteiger partial charge is 0.325 e. The van der Waals surface area contributed by atoms with Gasteiger partial charge in [-0.2, -0.15) is 0 Å². The van der Waals surface area contributed by atoms with Crippen LogP contribution in [0.5, 0.6) is 0 Å². The van der Waals surface area contributed by atoms with Gasteiger partial charge >= 0.3 is 67.3 Å². The molecule has 0 aliphatic carbocycles. The maximum atomic E-state index is 7.56. The first kappa shape index (κ1) is 23.8. The van der Waals surface area contributed by atoms with Crippen molar-refractivity contribution >= 4 is 37.1 Å². The van der Waals surface area contributed by atoms with E-state index in [9.17, 15) is 0 Å². The van der Waals surface area contributed by atoms with E-state index in [4.69, 9.17) is 29.4 Å². The monoisotopic (exact) mass is 378 g/mol. The molecular weight excluding hydrogens is 360 g/mol. The minimum Gasteiger partial charge on any atom is -0.325 e. The van der Waals surface area contributed by atoms with E-state index in [1.807, 2.05) is 0 Å². The second-order valence-electron chi connectivity index (χ2n) is 4.05. The average Bonchev–Trinajstić information content (AvgIpc) is 1.71. The van der Waals surface area contributed by atoms with E-state index in [2.05, 4.69) is 51.3 Å². The molecule has 0 saturated heterocycles. The summed E-state index contributed by atoms with van der Waals surface area (Å²) in [6, 6.07) is 0. The Morgan fingerprint density at radius 1 is 0.706 bits per heavy atom. The number of rotatable bonds is 2. The summed E-state index contributed by atoms with van der Waals surface area (Å²) < 4.78 is 2.12. The molecule has 6 nitrogen and oxygen atoms in total. The predicted molar refractivity (Wildman–Crippen MR) is 72.1 cm³/mol. The molecule has 6 N–H and O–H groups in total. The third kappa shape index (κ3) is 135. The minimum absolute atomic E-state index is 0.0972. The van der Waals surface area contributed by atoms with E-state index in [-0.39, 0.29) is 17.1 Å². The average molecular weight is 380 g/mol. The maximum absolute atomic E-state index is 7.56. The van der Waals surface area contributed by atoms with Gasteiger partial charge in [-0.15, -0.1) is 0 Å². The SMILES string of the molecule is C[CH](C)[Zn][CH](C)C.OP(O)(O)=S.OP(O)(O)=S. The Morgan fingerprint density at radius 2 is 0.824 bits per heavy atom. The Morgan fingerprint density at radius 3 is 0.824 bits per heavy atom. The summed E-state index contributed by atoms with van der Waals surface area (Å²) in [5.74, 6) is 0. The van der Waals surface area contributed by atoms with E-state index in [0.717, 1.165) is 9.02 Å². The van der Waals surface area contributed by atoms with Crippen LogP contribution in [-0.4, -0.2) is 29.4 Å². The quantitative estimate of drug-likeness (QED) is 0.312. The van der Waals surface area contributed by atoms with E-state index in [1.54, 1.807) is 0 Å². The van der Waals surface area contributed by atoms with Crippen LogP contribution >= 0.6 is 13.4 Å². The van der Waals surface area contributed by atoms with Gasteiger partial charge in [0.25, 0.3) is 0 Å². The van der Waals surface area contributed by atoms with Gasteiger partial charge in [0, 0.05) is 0 Å². The standard InChI is InChI=1S/2C3H7.2H3O3PS.Zn/c2*1-3-2;2*1-4(2,3)5;/h2*3H,1-2H3;2*(H3,1,2,3,5);. The predicted octanol–water partition coefficient (Wildman–Crippen LogP) is 1.10. The molecule has 0 spiro atoms. The van der Waals surface area contributed by atoms with Crippen molar-refractivity contribution in [1.29, 1.82) is 0 Å². The molecule has 0 rings (SSSR count). The summed E-state index contributed by atoms with van der Waals surface area (Å²) in [5, 5.41) is 0. The molecule has 0 radical (unpaired) electrons. The fourth-order valence-corrected chi connectivity index (χ4v) is 4.90. The van der Waals surface area contributed by atoms with Crippen molar-refractivity contribution in [3.8, 4) is 0 Å². The molecule has 0 bridgehead atoms. The smallest absolute Gasteiger partial charge is 0.319 e. The normalized spacial score (nSPS) is 11.1. The molecule has 0 unspecified atom stereocenters. The van der Waals surface area contributed by atoms with Crippen molar-refractivity contribution in [2.24, 2.45) is 0 Å². The van der Waals surface area contributed by atoms with Crippen LogP contribution in [0.4, 0.5) is 0 Å². The second-order valence-corrected chi connectivity index (χ2v) is 16.9. The molecule has 0 heterocycles. The first-order valence-corrected chi connectivity index (χ1v) is 13.4. The molecule has 17 heavy (non-hydrogen) atoms. The molecule has 0 aliphatic heterocycles. The first-order chi connectivity index (χ1) is 7.13. The van der Waals surface area contributed by atoms with Crippen molar-refractivity contribution in [3.63, 3.8) is 0 Å². The summed E-state index contributed by atoms with van der Waals surface area (Å²) in [7, 11) is 0. The van der Waals surface area contributed by atoms with E-state index in [0.29, 0.717) is 0 Å². The Balaban J connectivity index is -0.000000177. The van der Waals surface area contributed by atoms with Gasteiger partial charge in [0.15, 0.2) is 0 Å². The summed E-state index contributed by atoms with van der Waals surface area (Å²) in [6.45, 7) is 1.78. The first-order valence-electron chi connectivity index (χ1n) is 4.69. The van der Waals surface area contributed by atoms with Crippen molar-refractivity contribution < 1.29 is 46.5 Å². The molecule has 0 aliphatic rings. The zero-order valence-corrected chi connectivity index (χ0v) is 16.6. The summed E-state index contributed by atoms with van der Waals surface area (Å²) >= 11 is 7.11. The molecule has 0 aromatic carbocycles. The van der Waals surface area contributed by atoms with Crippen LogP contribution in [-0.2, 0) is 40.7 Å². The molecule has 104 valence electrons. The van der Waals surface area contributed by atoms with Crippen molar-refractivity contribution in [3.05, 3.63) is 0 Å². The van der Waals surface area contributed by atoms with Crippen molar-refractivity contribution in [2.75, 3.05) is 0 Å². The van der Waals surface area contributed by atoms with Crippen LogP contribution in [0.2, 0.25) is 9.02 Å². The number of hydrogen-bond acceptors (Lipinski definition) is 2. The Labute approximate surface area is 120 Å². The minimum atomic E-state index is -3.81. The zero-order chi connectivity index (χ0) is 14.9. The molecule has 0 saturated carbocycles. The Hall–Kier alpha value is 1.68. The molecule has 0 atom stereocenters. The van der Waals surface area contributed by atoms with Crippen molar-refractivity contribution in [2.45, 2.75) is 36.7 Å². The molecule has 11 heteroatoms. The molecule has 0 aromatic rings. The maximum Gasteiger partial charge on any atom is 0.319 e. The summed E-state index contributed by atoms with van der Waals surface area (Å²) in [5.41, 5.74) is 0. The molecular formula is C6H20O6P2S2Zn. The van der Waals surface area contributed by atoms with Gasteiger partial charge in [0.1, 0.15) is 0 Å². The summed E-state index contributed by atoms with van der Waals surface area (Å²) in [4.78, 5) is 45.3. The van der Waals surface area contributed by atoms with Crippen molar-refractivity contribution in [1.82, 2.24) is 0 Å². The second kappa shape index (κ2) is 11.5. The number of hydrogen-bond donors (Lipinski definition) is 6. The van der Waals surface area contributed by atoms with E-state index >= 15 is 0 Å². The fraction of sp³-hybridized carbons (Fsp3) is 1.00. The van der Waals surface area contributed by atoms with Gasteiger partial charge in [0.2, 0.25) is 0 Å². The molecule has 0 amide bonds. The van der Waals surface area contributed by atoms with Gasteiger partial charge in [-0.1, -0.05) is 0 Å². The van der Waals surface area contributed by atoms with Crippen LogP contribution in [0.25, 0.3) is 0 Å². The van der Waals surface area contributed by atoms with Gasteiger partial charge in [-0.3, -0.25) is 0 Å². The third-order valence-electron chi connectivity index (χ3n) is 0.943. The molecule has 0 fully saturated rings. The van der Waals surface area contributed by atoms with Gasteiger partial charge < -0.3 is 29.4 Å². The summed E-state index contributed by atoms with van der Waals surface area (Å²) in [6.07, 6.45) is 0. The zero-order valence-electron chi connectivity index (χ0n) is 10.3. The van der Waals surface area contributed by atoms with Gasteiger partial charge in [0.05, 0.1) is 0 Å². The topological polar surface area (TPSA) is 121 Å². The van der Waals surface area contributed by atoms with Gasteiger partial charge in [-0.05, 0) is 23.6 Å². The van der Waals surface area contributed by atoms with E-state index < -0.39 is 13.4 Å². The Kier molecular flexibility index (Phi) is 16.1. The van der Waals surface area contributed by atoms with Gasteiger partial charge in [-0.25, -0.2) is 0 Å². The van der Waals surface area contributed by atoms with Crippen LogP contribution in [0, 0.1) is 0 Å². The van der Waals surface area contributed by atoms with E-state index in [1.165, 1.54) is 0 Å². The van der Waals surface area contributed by atoms with Crippen LogP contribution in [0.1, 0.15) is 27.7 Å².